The Hall–Kier alpha value is -0.340. The third kappa shape index (κ3) is 3.85. The number of halogens is 1. The Morgan fingerprint density at radius 1 is 1.10 bits per heavy atom. The molecule has 1 aliphatic heterocycles. The van der Waals surface area contributed by atoms with Gasteiger partial charge in [-0.1, -0.05) is 66.9 Å². The zero-order valence-corrected chi connectivity index (χ0v) is 14.6. The molecule has 2 rings (SSSR count). The highest BCUT2D eigenvalue weighted by Gasteiger charge is 2.30. The van der Waals surface area contributed by atoms with Gasteiger partial charge >= 0.3 is 0 Å². The van der Waals surface area contributed by atoms with Crippen molar-refractivity contribution in [1.29, 1.82) is 0 Å². The summed E-state index contributed by atoms with van der Waals surface area (Å²) >= 11 is 3.81. The van der Waals surface area contributed by atoms with Crippen LogP contribution in [0.5, 0.6) is 0 Å². The lowest BCUT2D eigenvalue weighted by Gasteiger charge is -2.39. The number of rotatable bonds is 7. The monoisotopic (exact) mass is 337 g/mol. The number of fused-ring (bicyclic) bond motifs is 1. The van der Waals surface area contributed by atoms with Gasteiger partial charge in [-0.15, -0.1) is 0 Å². The van der Waals surface area contributed by atoms with Gasteiger partial charge in [0.25, 0.3) is 0 Å². The summed E-state index contributed by atoms with van der Waals surface area (Å²) in [6.07, 6.45) is 6.47. The van der Waals surface area contributed by atoms with Gasteiger partial charge in [-0.3, -0.25) is 4.90 Å². The van der Waals surface area contributed by atoms with Crippen molar-refractivity contribution in [1.82, 2.24) is 4.90 Å². The fourth-order valence-corrected chi connectivity index (χ4v) is 4.42. The Morgan fingerprint density at radius 3 is 2.35 bits per heavy atom. The predicted molar refractivity (Wildman–Crippen MR) is 91.5 cm³/mol. The summed E-state index contributed by atoms with van der Waals surface area (Å²) in [6, 6.07) is 8.95. The van der Waals surface area contributed by atoms with Crippen LogP contribution >= 0.6 is 15.9 Å². The summed E-state index contributed by atoms with van der Waals surface area (Å²) in [5.41, 5.74) is 3.56. The number of nitrogens with zero attached hydrogens (tertiary/aromatic N) is 1. The molecule has 0 unspecified atom stereocenters. The lowest BCUT2D eigenvalue weighted by Crippen LogP contribution is -2.41. The molecule has 0 spiro atoms. The van der Waals surface area contributed by atoms with Crippen LogP contribution in [0.1, 0.15) is 50.7 Å². The Balaban J connectivity index is 2.05. The fourth-order valence-electron chi connectivity index (χ4n) is 3.68. The van der Waals surface area contributed by atoms with E-state index < -0.39 is 0 Å². The first-order chi connectivity index (χ1) is 9.73. The van der Waals surface area contributed by atoms with Gasteiger partial charge in [0.2, 0.25) is 0 Å². The Morgan fingerprint density at radius 2 is 1.75 bits per heavy atom. The highest BCUT2D eigenvalue weighted by atomic mass is 79.9. The van der Waals surface area contributed by atoms with Crippen molar-refractivity contribution in [3.8, 4) is 0 Å². The van der Waals surface area contributed by atoms with E-state index in [1.165, 1.54) is 50.8 Å². The van der Waals surface area contributed by atoms with Crippen molar-refractivity contribution < 1.29 is 0 Å². The van der Waals surface area contributed by atoms with Crippen molar-refractivity contribution >= 4 is 15.9 Å². The number of benzene rings is 1. The second kappa shape index (κ2) is 7.61. The van der Waals surface area contributed by atoms with Crippen LogP contribution in [0.3, 0.4) is 0 Å². The standard InChI is InChI=1S/C18H28BrN/c1-3-10-18(14-19,11-4-2)15-20-12-9-16-7-5-6-8-17(16)13-20/h5-8H,3-4,9-15H2,1-2H3. The van der Waals surface area contributed by atoms with E-state index in [0.717, 1.165) is 11.9 Å². The van der Waals surface area contributed by atoms with Gasteiger partial charge in [0.15, 0.2) is 0 Å². The van der Waals surface area contributed by atoms with Crippen LogP contribution in [0.2, 0.25) is 0 Å². The Kier molecular flexibility index (Phi) is 6.10. The van der Waals surface area contributed by atoms with Gasteiger partial charge in [0.1, 0.15) is 0 Å². The molecule has 0 aromatic heterocycles. The summed E-state index contributed by atoms with van der Waals surface area (Å²) in [7, 11) is 0. The zero-order valence-electron chi connectivity index (χ0n) is 13.0. The minimum Gasteiger partial charge on any atom is -0.298 e. The molecule has 0 radical (unpaired) electrons. The molecule has 112 valence electrons. The van der Waals surface area contributed by atoms with Crippen molar-refractivity contribution in [3.63, 3.8) is 0 Å². The summed E-state index contributed by atoms with van der Waals surface area (Å²) in [4.78, 5) is 2.68. The van der Waals surface area contributed by atoms with Crippen molar-refractivity contribution in [3.05, 3.63) is 35.4 Å². The molecule has 0 saturated heterocycles. The lowest BCUT2D eigenvalue weighted by molar-refractivity contribution is 0.136. The molecule has 1 aliphatic rings. The average molecular weight is 338 g/mol. The van der Waals surface area contributed by atoms with Crippen LogP contribution in [-0.4, -0.2) is 23.3 Å². The third-order valence-corrected chi connectivity index (χ3v) is 5.80. The highest BCUT2D eigenvalue weighted by molar-refractivity contribution is 9.09. The molecule has 0 N–H and O–H groups in total. The zero-order chi connectivity index (χ0) is 14.4. The number of hydrogen-bond acceptors (Lipinski definition) is 1. The molecule has 1 aromatic carbocycles. The Labute approximate surface area is 132 Å². The molecule has 0 aliphatic carbocycles. The van der Waals surface area contributed by atoms with Crippen molar-refractivity contribution in [2.24, 2.45) is 5.41 Å². The van der Waals surface area contributed by atoms with E-state index in [0.29, 0.717) is 5.41 Å². The molecule has 0 fully saturated rings. The molecule has 1 aromatic rings. The average Bonchev–Trinajstić information content (AvgIpc) is 2.47. The van der Waals surface area contributed by atoms with E-state index in [9.17, 15) is 0 Å². The topological polar surface area (TPSA) is 3.24 Å². The molecule has 1 nitrogen and oxygen atoms in total. The first-order valence-electron chi connectivity index (χ1n) is 8.08. The van der Waals surface area contributed by atoms with Gasteiger partial charge in [-0.25, -0.2) is 0 Å². The molecule has 1 heterocycles. The number of alkyl halides is 1. The molecule has 20 heavy (non-hydrogen) atoms. The maximum atomic E-state index is 3.81. The molecule has 2 heteroatoms. The van der Waals surface area contributed by atoms with E-state index in [2.05, 4.69) is 58.9 Å². The van der Waals surface area contributed by atoms with Crippen LogP contribution in [0.4, 0.5) is 0 Å². The van der Waals surface area contributed by atoms with Crippen LogP contribution in [0, 0.1) is 5.41 Å². The third-order valence-electron chi connectivity index (χ3n) is 4.61. The van der Waals surface area contributed by atoms with E-state index in [1.54, 1.807) is 5.56 Å². The van der Waals surface area contributed by atoms with Gasteiger partial charge < -0.3 is 0 Å². The minimum absolute atomic E-state index is 0.468. The minimum atomic E-state index is 0.468. The maximum absolute atomic E-state index is 3.81. The summed E-state index contributed by atoms with van der Waals surface area (Å²) < 4.78 is 0. The van der Waals surface area contributed by atoms with Crippen LogP contribution in [0.25, 0.3) is 0 Å². The first-order valence-corrected chi connectivity index (χ1v) is 9.20. The molecular formula is C18H28BrN. The predicted octanol–water partition coefficient (Wildman–Crippen LogP) is 5.03. The lowest BCUT2D eigenvalue weighted by atomic mass is 9.80. The van der Waals surface area contributed by atoms with Crippen LogP contribution < -0.4 is 0 Å². The van der Waals surface area contributed by atoms with Crippen molar-refractivity contribution in [2.45, 2.75) is 52.5 Å². The van der Waals surface area contributed by atoms with Crippen LogP contribution in [0.15, 0.2) is 24.3 Å². The largest absolute Gasteiger partial charge is 0.298 e. The second-order valence-corrected chi connectivity index (χ2v) is 6.92. The van der Waals surface area contributed by atoms with E-state index in [4.69, 9.17) is 0 Å². The van der Waals surface area contributed by atoms with Gasteiger partial charge in [0, 0.05) is 25.0 Å². The first kappa shape index (κ1) is 16.0. The smallest absolute Gasteiger partial charge is 0.0236 e. The van der Waals surface area contributed by atoms with E-state index >= 15 is 0 Å². The van der Waals surface area contributed by atoms with Crippen LogP contribution in [-0.2, 0) is 13.0 Å². The summed E-state index contributed by atoms with van der Waals surface area (Å²) in [6.45, 7) is 8.24. The van der Waals surface area contributed by atoms with E-state index in [-0.39, 0.29) is 0 Å². The second-order valence-electron chi connectivity index (χ2n) is 6.36. The van der Waals surface area contributed by atoms with E-state index in [1.807, 2.05) is 0 Å². The van der Waals surface area contributed by atoms with Gasteiger partial charge in [-0.05, 0) is 35.8 Å². The quantitative estimate of drug-likeness (QED) is 0.631. The molecule has 0 amide bonds. The molecule has 0 bridgehead atoms. The number of hydrogen-bond donors (Lipinski definition) is 0. The summed E-state index contributed by atoms with van der Waals surface area (Å²) in [5, 5.41) is 1.14. The Bertz CT molecular complexity index is 410. The van der Waals surface area contributed by atoms with Gasteiger partial charge in [0.05, 0.1) is 0 Å². The normalized spacial score (nSPS) is 16.1. The van der Waals surface area contributed by atoms with Crippen molar-refractivity contribution in [2.75, 3.05) is 18.4 Å². The van der Waals surface area contributed by atoms with Gasteiger partial charge in [-0.2, -0.15) is 0 Å². The maximum Gasteiger partial charge on any atom is 0.0236 e. The molecule has 0 saturated carbocycles. The SMILES string of the molecule is CCCC(CBr)(CCC)CN1CCc2ccccc2C1. The summed E-state index contributed by atoms with van der Waals surface area (Å²) in [5.74, 6) is 0. The molecular weight excluding hydrogens is 310 g/mol. The highest BCUT2D eigenvalue weighted by Crippen LogP contribution is 2.34. The fraction of sp³-hybridized carbons (Fsp3) is 0.667. The molecule has 0 atom stereocenters.